The Morgan fingerprint density at radius 2 is 1.50 bits per heavy atom. The van der Waals surface area contributed by atoms with Crippen molar-refractivity contribution in [3.63, 3.8) is 0 Å². The van der Waals surface area contributed by atoms with Gasteiger partial charge in [-0.3, -0.25) is 14.4 Å². The molecular weight excluding hydrogens is 677 g/mol. The number of carbonyl (C=O) groups excluding carboxylic acids is 3. The van der Waals surface area contributed by atoms with Crippen LogP contribution in [0.2, 0.25) is 0 Å². The average molecular weight is 709 g/mol. The lowest BCUT2D eigenvalue weighted by Crippen LogP contribution is -2.30. The summed E-state index contributed by atoms with van der Waals surface area (Å²) in [5.74, 6) is -0.829. The highest BCUT2D eigenvalue weighted by Gasteiger charge is 2.19. The molecule has 0 heterocycles. The molecule has 46 heavy (non-hydrogen) atoms. The minimum Gasteiger partial charge on any atom is -0.493 e. The van der Waals surface area contributed by atoms with Gasteiger partial charge >= 0.3 is 0 Å². The van der Waals surface area contributed by atoms with Crippen molar-refractivity contribution in [3.05, 3.63) is 112 Å². The van der Waals surface area contributed by atoms with Crippen LogP contribution in [0.15, 0.2) is 100.0 Å². The SMILES string of the molecule is COc1cc(/C=C(\NC(=O)c2ccccc2)C(=O)Nc2ccc(SC(C)C(=O)Nc3ccc(Br)cc3F)cc2)cc(OC)c1OC. The second-order valence-corrected chi connectivity index (χ2v) is 12.0. The van der Waals surface area contributed by atoms with E-state index in [1.54, 1.807) is 79.7 Å². The molecule has 0 spiro atoms. The highest BCUT2D eigenvalue weighted by atomic mass is 79.9. The van der Waals surface area contributed by atoms with Gasteiger partial charge in [-0.2, -0.15) is 0 Å². The van der Waals surface area contributed by atoms with Gasteiger partial charge in [-0.25, -0.2) is 4.39 Å². The van der Waals surface area contributed by atoms with E-state index in [2.05, 4.69) is 31.9 Å². The highest BCUT2D eigenvalue weighted by Crippen LogP contribution is 2.38. The van der Waals surface area contributed by atoms with Crippen molar-refractivity contribution in [2.24, 2.45) is 0 Å². The molecule has 1 unspecified atom stereocenters. The van der Waals surface area contributed by atoms with Crippen molar-refractivity contribution < 1.29 is 33.0 Å². The molecule has 0 saturated heterocycles. The zero-order valence-corrected chi connectivity index (χ0v) is 27.8. The van der Waals surface area contributed by atoms with Crippen molar-refractivity contribution in [3.8, 4) is 17.2 Å². The van der Waals surface area contributed by atoms with Crippen molar-refractivity contribution in [1.82, 2.24) is 5.32 Å². The van der Waals surface area contributed by atoms with Crippen molar-refractivity contribution in [2.75, 3.05) is 32.0 Å². The van der Waals surface area contributed by atoms with Gasteiger partial charge in [0.1, 0.15) is 11.5 Å². The van der Waals surface area contributed by atoms with E-state index in [1.165, 1.54) is 51.3 Å². The average Bonchev–Trinajstić information content (AvgIpc) is 3.06. The molecule has 0 aliphatic carbocycles. The van der Waals surface area contributed by atoms with Crippen LogP contribution < -0.4 is 30.2 Å². The Morgan fingerprint density at radius 1 is 0.848 bits per heavy atom. The van der Waals surface area contributed by atoms with Gasteiger partial charge in [-0.05, 0) is 85.3 Å². The number of nitrogens with one attached hydrogen (secondary N) is 3. The first-order valence-electron chi connectivity index (χ1n) is 13.8. The van der Waals surface area contributed by atoms with E-state index >= 15 is 0 Å². The quantitative estimate of drug-likeness (QED) is 0.106. The van der Waals surface area contributed by atoms with Gasteiger partial charge in [0.15, 0.2) is 11.5 Å². The molecule has 4 aromatic carbocycles. The van der Waals surface area contributed by atoms with E-state index in [4.69, 9.17) is 14.2 Å². The molecule has 238 valence electrons. The maximum atomic E-state index is 14.2. The Kier molecular flexibility index (Phi) is 11.8. The van der Waals surface area contributed by atoms with E-state index < -0.39 is 22.9 Å². The van der Waals surface area contributed by atoms with Gasteiger partial charge in [0, 0.05) is 20.6 Å². The highest BCUT2D eigenvalue weighted by molar-refractivity contribution is 9.10. The molecule has 1 atom stereocenters. The van der Waals surface area contributed by atoms with Gasteiger partial charge < -0.3 is 30.2 Å². The first-order chi connectivity index (χ1) is 22.1. The molecule has 0 fully saturated rings. The van der Waals surface area contributed by atoms with Crippen LogP contribution >= 0.6 is 27.7 Å². The van der Waals surface area contributed by atoms with E-state index in [-0.39, 0.29) is 17.3 Å². The van der Waals surface area contributed by atoms with Crippen molar-refractivity contribution >= 4 is 62.9 Å². The van der Waals surface area contributed by atoms with Gasteiger partial charge in [0.25, 0.3) is 11.8 Å². The Hall–Kier alpha value is -4.81. The molecule has 9 nitrogen and oxygen atoms in total. The normalized spacial score (nSPS) is 11.7. The Labute approximate surface area is 278 Å². The van der Waals surface area contributed by atoms with E-state index in [9.17, 15) is 18.8 Å². The zero-order chi connectivity index (χ0) is 33.2. The molecule has 0 aliphatic rings. The first kappa shape index (κ1) is 34.1. The summed E-state index contributed by atoms with van der Waals surface area (Å²) in [6.07, 6.45) is 1.50. The molecular formula is C34H31BrFN3O6S. The number of hydrogen-bond acceptors (Lipinski definition) is 7. The Morgan fingerprint density at radius 3 is 2.09 bits per heavy atom. The fraction of sp³-hybridized carbons (Fsp3) is 0.147. The predicted octanol–water partition coefficient (Wildman–Crippen LogP) is 7.14. The number of carbonyl (C=O) groups is 3. The number of amides is 3. The number of hydrogen-bond donors (Lipinski definition) is 3. The third-order valence-corrected chi connectivity index (χ3v) is 8.12. The van der Waals surface area contributed by atoms with E-state index in [0.29, 0.717) is 38.5 Å². The molecule has 0 aliphatic heterocycles. The van der Waals surface area contributed by atoms with Crippen LogP contribution in [-0.2, 0) is 9.59 Å². The summed E-state index contributed by atoms with van der Waals surface area (Å²) in [5, 5.41) is 7.57. The molecule has 3 amide bonds. The number of anilines is 2. The van der Waals surface area contributed by atoms with E-state index in [1.807, 2.05) is 0 Å². The zero-order valence-electron chi connectivity index (χ0n) is 25.4. The van der Waals surface area contributed by atoms with Crippen molar-refractivity contribution in [1.29, 1.82) is 0 Å². The lowest BCUT2D eigenvalue weighted by molar-refractivity contribution is -0.115. The maximum absolute atomic E-state index is 14.2. The number of methoxy groups -OCH3 is 3. The van der Waals surface area contributed by atoms with Gasteiger partial charge in [0.2, 0.25) is 11.7 Å². The summed E-state index contributed by atoms with van der Waals surface area (Å²) in [7, 11) is 4.44. The Balaban J connectivity index is 1.51. The molecule has 3 N–H and O–H groups in total. The topological polar surface area (TPSA) is 115 Å². The van der Waals surface area contributed by atoms with Gasteiger partial charge in [-0.15, -0.1) is 11.8 Å². The second kappa shape index (κ2) is 16.0. The summed E-state index contributed by atoms with van der Waals surface area (Å²) in [5.41, 5.74) is 1.39. The smallest absolute Gasteiger partial charge is 0.272 e. The third-order valence-electron chi connectivity index (χ3n) is 6.51. The summed E-state index contributed by atoms with van der Waals surface area (Å²) >= 11 is 4.47. The van der Waals surface area contributed by atoms with Crippen LogP contribution in [-0.4, -0.2) is 44.3 Å². The van der Waals surface area contributed by atoms with Crippen LogP contribution in [0.3, 0.4) is 0 Å². The molecule has 0 saturated carbocycles. The predicted molar refractivity (Wildman–Crippen MR) is 181 cm³/mol. The number of benzene rings is 4. The molecule has 0 aromatic heterocycles. The van der Waals surface area contributed by atoms with Gasteiger partial charge in [-0.1, -0.05) is 34.1 Å². The third kappa shape index (κ3) is 8.89. The van der Waals surface area contributed by atoms with Gasteiger partial charge in [0.05, 0.1) is 32.3 Å². The van der Waals surface area contributed by atoms with Crippen LogP contribution in [0.5, 0.6) is 17.2 Å². The summed E-state index contributed by atoms with van der Waals surface area (Å²) < 4.78 is 31.0. The fourth-order valence-electron chi connectivity index (χ4n) is 4.19. The van der Waals surface area contributed by atoms with E-state index in [0.717, 1.165) is 4.90 Å². The standard InChI is InChI=1S/C34H31BrFN3O6S/c1-20(32(40)38-27-15-10-23(35)19-26(27)36)46-25-13-11-24(12-14-25)37-34(42)28(39-33(41)22-8-6-5-7-9-22)16-21-17-29(43-2)31(45-4)30(18-21)44-3/h5-20H,1-4H3,(H,37,42)(H,38,40)(H,39,41)/b28-16-. The molecule has 0 bridgehead atoms. The lowest BCUT2D eigenvalue weighted by Gasteiger charge is -2.15. The minimum atomic E-state index is -0.581. The van der Waals surface area contributed by atoms with Crippen LogP contribution in [0.25, 0.3) is 6.08 Å². The molecule has 4 rings (SSSR count). The summed E-state index contributed by atoms with van der Waals surface area (Å²) in [6, 6.07) is 23.0. The lowest BCUT2D eigenvalue weighted by atomic mass is 10.1. The molecule has 12 heteroatoms. The fourth-order valence-corrected chi connectivity index (χ4v) is 5.39. The summed E-state index contributed by atoms with van der Waals surface area (Å²) in [6.45, 7) is 1.71. The maximum Gasteiger partial charge on any atom is 0.272 e. The summed E-state index contributed by atoms with van der Waals surface area (Å²) in [4.78, 5) is 40.0. The molecule has 4 aromatic rings. The number of rotatable bonds is 12. The first-order valence-corrected chi connectivity index (χ1v) is 15.5. The minimum absolute atomic E-state index is 0.0351. The van der Waals surface area contributed by atoms with Crippen LogP contribution in [0.4, 0.5) is 15.8 Å². The Bertz CT molecular complexity index is 1730. The number of thioether (sulfide) groups is 1. The van der Waals surface area contributed by atoms with Crippen molar-refractivity contribution in [2.45, 2.75) is 17.1 Å². The second-order valence-electron chi connectivity index (χ2n) is 9.69. The van der Waals surface area contributed by atoms with Crippen LogP contribution in [0.1, 0.15) is 22.8 Å². The largest absolute Gasteiger partial charge is 0.493 e. The molecule has 0 radical (unpaired) electrons. The monoisotopic (exact) mass is 707 g/mol. The number of ether oxygens (including phenoxy) is 3. The number of halogens is 2. The van der Waals surface area contributed by atoms with Crippen LogP contribution in [0, 0.1) is 5.82 Å².